The topological polar surface area (TPSA) is 80.3 Å². The number of hydrogen-bond acceptors (Lipinski definition) is 7. The Morgan fingerprint density at radius 2 is 1.53 bits per heavy atom. The fourth-order valence-corrected chi connectivity index (χ4v) is 2.95. The second-order valence-corrected chi connectivity index (χ2v) is 8.86. The largest absolute Gasteiger partial charge is 0.467 e. The SMILES string of the molecule is COCOc1cc(COS(C)(=O)=O)cc(OCOC)c1C/C=C(\C)CCC=C(C)C. The lowest BCUT2D eigenvalue weighted by Gasteiger charge is -2.17. The van der Waals surface area contributed by atoms with Gasteiger partial charge in [0.25, 0.3) is 10.1 Å². The lowest BCUT2D eigenvalue weighted by atomic mass is 10.0. The lowest BCUT2D eigenvalue weighted by molar-refractivity contribution is 0.0446. The van der Waals surface area contributed by atoms with E-state index in [2.05, 4.69) is 32.9 Å². The standard InChI is InChI=1S/C22H34O7S/c1-17(2)8-7-9-18(3)10-11-20-21(27-15-25-4)12-19(14-29-30(6,23)24)13-22(20)28-16-26-5/h8,10,12-13H,7,9,11,14-16H2,1-6H3/b18-10+. The van der Waals surface area contributed by atoms with E-state index in [0.29, 0.717) is 23.5 Å². The molecule has 1 rings (SSSR count). The van der Waals surface area contributed by atoms with E-state index in [9.17, 15) is 8.42 Å². The van der Waals surface area contributed by atoms with Gasteiger partial charge in [-0.1, -0.05) is 23.3 Å². The maximum Gasteiger partial charge on any atom is 0.264 e. The summed E-state index contributed by atoms with van der Waals surface area (Å²) >= 11 is 0. The molecule has 0 aliphatic heterocycles. The van der Waals surface area contributed by atoms with Crippen molar-refractivity contribution in [1.29, 1.82) is 0 Å². The van der Waals surface area contributed by atoms with Crippen LogP contribution in [-0.4, -0.2) is 42.5 Å². The third kappa shape index (κ3) is 10.8. The van der Waals surface area contributed by atoms with Gasteiger partial charge in [0, 0.05) is 19.8 Å². The summed E-state index contributed by atoms with van der Waals surface area (Å²) in [5, 5.41) is 0. The van der Waals surface area contributed by atoms with Gasteiger partial charge in [-0.05, 0) is 57.7 Å². The highest BCUT2D eigenvalue weighted by atomic mass is 32.2. The minimum atomic E-state index is -3.57. The van der Waals surface area contributed by atoms with Gasteiger partial charge in [0.2, 0.25) is 0 Å². The smallest absolute Gasteiger partial charge is 0.264 e. The summed E-state index contributed by atoms with van der Waals surface area (Å²) in [7, 11) is -0.507. The van der Waals surface area contributed by atoms with Crippen LogP contribution in [0.25, 0.3) is 0 Å². The van der Waals surface area contributed by atoms with Crippen molar-refractivity contribution < 1.29 is 31.5 Å². The quantitative estimate of drug-likeness (QED) is 0.240. The molecular formula is C22H34O7S. The van der Waals surface area contributed by atoms with Crippen molar-refractivity contribution in [3.05, 3.63) is 46.6 Å². The first-order chi connectivity index (χ1) is 14.2. The summed E-state index contributed by atoms with van der Waals surface area (Å²) in [6.45, 7) is 6.26. The van der Waals surface area contributed by atoms with Crippen molar-refractivity contribution in [2.75, 3.05) is 34.1 Å². The Morgan fingerprint density at radius 1 is 0.967 bits per heavy atom. The Kier molecular flexibility index (Phi) is 11.7. The second-order valence-electron chi connectivity index (χ2n) is 7.21. The van der Waals surface area contributed by atoms with E-state index >= 15 is 0 Å². The fourth-order valence-electron chi connectivity index (χ4n) is 2.60. The number of ether oxygens (including phenoxy) is 4. The van der Waals surface area contributed by atoms with Crippen LogP contribution in [0.3, 0.4) is 0 Å². The minimum Gasteiger partial charge on any atom is -0.467 e. The molecule has 0 aliphatic carbocycles. The van der Waals surface area contributed by atoms with E-state index in [1.807, 2.05) is 0 Å². The number of methoxy groups -OCH3 is 2. The predicted octanol–water partition coefficient (Wildman–Crippen LogP) is 4.36. The molecule has 30 heavy (non-hydrogen) atoms. The van der Waals surface area contributed by atoms with Gasteiger partial charge in [-0.2, -0.15) is 8.42 Å². The molecule has 170 valence electrons. The first-order valence-corrected chi connectivity index (χ1v) is 11.5. The third-order valence-electron chi connectivity index (χ3n) is 4.08. The molecule has 7 nitrogen and oxygen atoms in total. The predicted molar refractivity (Wildman–Crippen MR) is 117 cm³/mol. The third-order valence-corrected chi connectivity index (χ3v) is 4.62. The average molecular weight is 443 g/mol. The molecule has 0 heterocycles. The van der Waals surface area contributed by atoms with Crippen LogP contribution in [0.5, 0.6) is 11.5 Å². The fraction of sp³-hybridized carbons (Fsp3) is 0.545. The molecule has 0 amide bonds. The number of rotatable bonds is 14. The molecule has 0 aromatic heterocycles. The van der Waals surface area contributed by atoms with Crippen molar-refractivity contribution in [3.8, 4) is 11.5 Å². The lowest BCUT2D eigenvalue weighted by Crippen LogP contribution is -2.08. The molecular weight excluding hydrogens is 408 g/mol. The van der Waals surface area contributed by atoms with Crippen molar-refractivity contribution in [1.82, 2.24) is 0 Å². The van der Waals surface area contributed by atoms with Crippen molar-refractivity contribution in [3.63, 3.8) is 0 Å². The first-order valence-electron chi connectivity index (χ1n) is 9.69. The zero-order valence-electron chi connectivity index (χ0n) is 18.8. The Hall–Kier alpha value is -1.87. The Bertz CT molecular complexity index is 793. The monoisotopic (exact) mass is 442 g/mol. The van der Waals surface area contributed by atoms with Gasteiger partial charge in [0.15, 0.2) is 13.6 Å². The summed E-state index contributed by atoms with van der Waals surface area (Å²) in [5.74, 6) is 1.09. The van der Waals surface area contributed by atoms with E-state index in [4.69, 9.17) is 23.1 Å². The average Bonchev–Trinajstić information content (AvgIpc) is 2.67. The van der Waals surface area contributed by atoms with Crippen LogP contribution >= 0.6 is 0 Å². The van der Waals surface area contributed by atoms with E-state index in [-0.39, 0.29) is 20.2 Å². The second kappa shape index (κ2) is 13.4. The highest BCUT2D eigenvalue weighted by molar-refractivity contribution is 7.85. The van der Waals surface area contributed by atoms with Crippen molar-refractivity contribution >= 4 is 10.1 Å². The zero-order valence-corrected chi connectivity index (χ0v) is 19.6. The summed E-state index contributed by atoms with van der Waals surface area (Å²) in [5.41, 5.74) is 3.99. The van der Waals surface area contributed by atoms with Crippen LogP contribution in [0.2, 0.25) is 0 Å². The summed E-state index contributed by atoms with van der Waals surface area (Å²) in [4.78, 5) is 0. The van der Waals surface area contributed by atoms with Crippen LogP contribution in [0, 0.1) is 0 Å². The summed E-state index contributed by atoms with van der Waals surface area (Å²) in [6, 6.07) is 3.48. The molecule has 0 bridgehead atoms. The van der Waals surface area contributed by atoms with Gasteiger partial charge >= 0.3 is 0 Å². The highest BCUT2D eigenvalue weighted by Crippen LogP contribution is 2.33. The highest BCUT2D eigenvalue weighted by Gasteiger charge is 2.15. The molecule has 0 radical (unpaired) electrons. The molecule has 0 atom stereocenters. The number of hydrogen-bond donors (Lipinski definition) is 0. The number of benzene rings is 1. The van der Waals surface area contributed by atoms with E-state index in [0.717, 1.165) is 24.7 Å². The van der Waals surface area contributed by atoms with Crippen LogP contribution in [0.1, 0.15) is 44.7 Å². The van der Waals surface area contributed by atoms with Gasteiger partial charge in [-0.3, -0.25) is 4.18 Å². The summed E-state index contributed by atoms with van der Waals surface area (Å²) < 4.78 is 49.2. The van der Waals surface area contributed by atoms with Crippen LogP contribution < -0.4 is 9.47 Å². The molecule has 0 saturated heterocycles. The molecule has 0 saturated carbocycles. The molecule has 1 aromatic carbocycles. The van der Waals surface area contributed by atoms with Crippen molar-refractivity contribution in [2.45, 2.75) is 46.6 Å². The minimum absolute atomic E-state index is 0.0520. The maximum absolute atomic E-state index is 11.4. The molecule has 8 heteroatoms. The molecule has 0 aliphatic rings. The van der Waals surface area contributed by atoms with E-state index < -0.39 is 10.1 Å². The molecule has 1 aromatic rings. The molecule has 0 spiro atoms. The molecule has 0 unspecified atom stereocenters. The first kappa shape index (κ1) is 26.2. The normalized spacial score (nSPS) is 12.0. The Balaban J connectivity index is 3.18. The van der Waals surface area contributed by atoms with Gasteiger partial charge in [0.1, 0.15) is 11.5 Å². The van der Waals surface area contributed by atoms with Crippen molar-refractivity contribution in [2.24, 2.45) is 0 Å². The maximum atomic E-state index is 11.4. The van der Waals surface area contributed by atoms with Crippen LogP contribution in [-0.2, 0) is 36.8 Å². The van der Waals surface area contributed by atoms with Gasteiger partial charge < -0.3 is 18.9 Å². The van der Waals surface area contributed by atoms with E-state index in [1.54, 1.807) is 12.1 Å². The Labute approximate surface area is 180 Å². The number of allylic oxidation sites excluding steroid dienone is 4. The van der Waals surface area contributed by atoms with Crippen LogP contribution in [0.15, 0.2) is 35.4 Å². The van der Waals surface area contributed by atoms with Gasteiger partial charge in [-0.25, -0.2) is 0 Å². The zero-order chi connectivity index (χ0) is 22.6. The Morgan fingerprint density at radius 3 is 2.00 bits per heavy atom. The van der Waals surface area contributed by atoms with Crippen LogP contribution in [0.4, 0.5) is 0 Å². The summed E-state index contributed by atoms with van der Waals surface area (Å²) in [6.07, 6.45) is 7.91. The molecule has 0 N–H and O–H groups in total. The molecule has 0 fully saturated rings. The van der Waals surface area contributed by atoms with Gasteiger partial charge in [0.05, 0.1) is 12.9 Å². The van der Waals surface area contributed by atoms with E-state index in [1.165, 1.54) is 25.4 Å². The van der Waals surface area contributed by atoms with Gasteiger partial charge in [-0.15, -0.1) is 0 Å².